The molecule has 21 heavy (non-hydrogen) atoms. The number of hydrogen-bond donors (Lipinski definition) is 0. The standard InChI is InChI=1S/C19H17NO/c1-13-15(12-20)8-9-17-18(13)11-16(19(17)21)10-14-6-4-2-3-5-7-14/h2-4,6-9,16H,5,10-11H2,1H3. The fourth-order valence-corrected chi connectivity index (χ4v) is 3.16. The third-order valence-electron chi connectivity index (χ3n) is 4.36. The minimum Gasteiger partial charge on any atom is -0.294 e. The van der Waals surface area contributed by atoms with E-state index in [1.165, 1.54) is 5.57 Å². The van der Waals surface area contributed by atoms with Gasteiger partial charge in [-0.25, -0.2) is 0 Å². The summed E-state index contributed by atoms with van der Waals surface area (Å²) >= 11 is 0. The van der Waals surface area contributed by atoms with Crippen molar-refractivity contribution in [3.05, 3.63) is 70.3 Å². The van der Waals surface area contributed by atoms with Crippen molar-refractivity contribution in [2.24, 2.45) is 5.92 Å². The van der Waals surface area contributed by atoms with Crippen molar-refractivity contribution in [2.45, 2.75) is 26.2 Å². The van der Waals surface area contributed by atoms with Gasteiger partial charge in [-0.2, -0.15) is 5.26 Å². The average Bonchev–Trinajstić information content (AvgIpc) is 2.68. The van der Waals surface area contributed by atoms with Crippen LogP contribution in [-0.4, -0.2) is 5.78 Å². The van der Waals surface area contributed by atoms with Gasteiger partial charge >= 0.3 is 0 Å². The number of fused-ring (bicyclic) bond motifs is 1. The molecule has 104 valence electrons. The topological polar surface area (TPSA) is 40.9 Å². The summed E-state index contributed by atoms with van der Waals surface area (Å²) in [6, 6.07) is 5.79. The van der Waals surface area contributed by atoms with Gasteiger partial charge in [0.2, 0.25) is 0 Å². The number of carbonyl (C=O) groups excluding carboxylic acids is 1. The molecule has 0 spiro atoms. The predicted molar refractivity (Wildman–Crippen MR) is 83.0 cm³/mol. The molecule has 2 heteroatoms. The Morgan fingerprint density at radius 1 is 1.33 bits per heavy atom. The molecule has 1 unspecified atom stereocenters. The minimum absolute atomic E-state index is 0.0154. The largest absolute Gasteiger partial charge is 0.294 e. The van der Waals surface area contributed by atoms with E-state index < -0.39 is 0 Å². The summed E-state index contributed by atoms with van der Waals surface area (Å²) < 4.78 is 0. The number of ketones is 1. The van der Waals surface area contributed by atoms with Crippen LogP contribution in [0.4, 0.5) is 0 Å². The van der Waals surface area contributed by atoms with E-state index in [1.807, 2.05) is 25.1 Å². The van der Waals surface area contributed by atoms with Crippen LogP contribution in [0.3, 0.4) is 0 Å². The Bertz CT molecular complexity index is 729. The lowest BCUT2D eigenvalue weighted by atomic mass is 9.94. The van der Waals surface area contributed by atoms with E-state index in [1.54, 1.807) is 6.07 Å². The maximum absolute atomic E-state index is 12.6. The second kappa shape index (κ2) is 5.54. The lowest BCUT2D eigenvalue weighted by Gasteiger charge is -2.08. The van der Waals surface area contributed by atoms with Gasteiger partial charge < -0.3 is 0 Å². The average molecular weight is 275 g/mol. The van der Waals surface area contributed by atoms with E-state index in [9.17, 15) is 4.79 Å². The Morgan fingerprint density at radius 2 is 2.19 bits per heavy atom. The number of carbonyl (C=O) groups is 1. The number of allylic oxidation sites excluding steroid dienone is 6. The molecule has 0 N–H and O–H groups in total. The van der Waals surface area contributed by atoms with Crippen LogP contribution in [0, 0.1) is 24.2 Å². The predicted octanol–water partition coefficient (Wildman–Crippen LogP) is 4.05. The number of rotatable bonds is 2. The van der Waals surface area contributed by atoms with Crippen LogP contribution in [0.25, 0.3) is 0 Å². The fourth-order valence-electron chi connectivity index (χ4n) is 3.16. The van der Waals surface area contributed by atoms with Crippen LogP contribution in [-0.2, 0) is 6.42 Å². The van der Waals surface area contributed by atoms with E-state index >= 15 is 0 Å². The molecule has 0 amide bonds. The second-order valence-electron chi connectivity index (χ2n) is 5.65. The van der Waals surface area contributed by atoms with E-state index in [2.05, 4.69) is 24.3 Å². The zero-order chi connectivity index (χ0) is 14.8. The summed E-state index contributed by atoms with van der Waals surface area (Å²) in [5, 5.41) is 9.11. The molecule has 1 atom stereocenters. The molecule has 0 aromatic heterocycles. The summed E-state index contributed by atoms with van der Waals surface area (Å²) in [5.74, 6) is 0.241. The van der Waals surface area contributed by atoms with Crippen molar-refractivity contribution < 1.29 is 4.79 Å². The van der Waals surface area contributed by atoms with E-state index in [0.717, 1.165) is 36.0 Å². The molecule has 0 bridgehead atoms. The first-order valence-corrected chi connectivity index (χ1v) is 7.29. The van der Waals surface area contributed by atoms with Gasteiger partial charge in [-0.15, -0.1) is 0 Å². The Balaban J connectivity index is 1.86. The normalized spacial score (nSPS) is 19.9. The third-order valence-corrected chi connectivity index (χ3v) is 4.36. The maximum atomic E-state index is 12.6. The highest BCUT2D eigenvalue weighted by Gasteiger charge is 2.32. The summed E-state index contributed by atoms with van der Waals surface area (Å²) in [6.07, 6.45) is 12.9. The van der Waals surface area contributed by atoms with Crippen molar-refractivity contribution in [3.8, 4) is 6.07 Å². The third kappa shape index (κ3) is 2.48. The Hall–Kier alpha value is -2.40. The minimum atomic E-state index is 0.0154. The van der Waals surface area contributed by atoms with Crippen LogP contribution in [0.5, 0.6) is 0 Å². The van der Waals surface area contributed by atoms with Gasteiger partial charge in [-0.3, -0.25) is 4.79 Å². The van der Waals surface area contributed by atoms with E-state index in [0.29, 0.717) is 5.56 Å². The molecule has 0 fully saturated rings. The SMILES string of the molecule is Cc1c(C#N)ccc2c1CC(CC1=CCC=CC=C1)C2=O. The highest BCUT2D eigenvalue weighted by atomic mass is 16.1. The van der Waals surface area contributed by atoms with Gasteiger partial charge in [0.15, 0.2) is 5.78 Å². The first-order chi connectivity index (χ1) is 10.2. The maximum Gasteiger partial charge on any atom is 0.166 e. The number of benzene rings is 1. The van der Waals surface area contributed by atoms with Gasteiger partial charge in [0.25, 0.3) is 0 Å². The zero-order valence-corrected chi connectivity index (χ0v) is 12.1. The first-order valence-electron chi connectivity index (χ1n) is 7.29. The number of Topliss-reactive ketones (excluding diaryl/α,β-unsaturated/α-hetero) is 1. The molecule has 0 saturated heterocycles. The Kier molecular flexibility index (Phi) is 3.58. The quantitative estimate of drug-likeness (QED) is 0.816. The number of nitrogens with zero attached hydrogens (tertiary/aromatic N) is 1. The molecule has 0 radical (unpaired) electrons. The first kappa shape index (κ1) is 13.6. The molecule has 3 rings (SSSR count). The highest BCUT2D eigenvalue weighted by Crippen LogP contribution is 2.34. The summed E-state index contributed by atoms with van der Waals surface area (Å²) in [4.78, 5) is 12.6. The van der Waals surface area contributed by atoms with Crippen LogP contribution in [0.2, 0.25) is 0 Å². The van der Waals surface area contributed by atoms with Crippen LogP contribution < -0.4 is 0 Å². The van der Waals surface area contributed by atoms with Crippen molar-refractivity contribution in [3.63, 3.8) is 0 Å². The Morgan fingerprint density at radius 3 is 3.00 bits per heavy atom. The van der Waals surface area contributed by atoms with Crippen LogP contribution in [0.15, 0.2) is 48.1 Å². The van der Waals surface area contributed by atoms with Gasteiger partial charge in [-0.1, -0.05) is 36.0 Å². The fraction of sp³-hybridized carbons (Fsp3) is 0.263. The zero-order valence-electron chi connectivity index (χ0n) is 12.1. The lowest BCUT2D eigenvalue weighted by Crippen LogP contribution is -2.09. The van der Waals surface area contributed by atoms with Gasteiger partial charge in [-0.05, 0) is 49.4 Å². The molecular weight excluding hydrogens is 258 g/mol. The van der Waals surface area contributed by atoms with Crippen molar-refractivity contribution in [1.29, 1.82) is 5.26 Å². The van der Waals surface area contributed by atoms with Crippen molar-refractivity contribution in [1.82, 2.24) is 0 Å². The molecule has 2 aliphatic rings. The highest BCUT2D eigenvalue weighted by molar-refractivity contribution is 6.03. The number of nitriles is 1. The molecule has 1 aromatic carbocycles. The van der Waals surface area contributed by atoms with E-state index in [-0.39, 0.29) is 11.7 Å². The summed E-state index contributed by atoms with van der Waals surface area (Å²) in [6.45, 7) is 1.95. The van der Waals surface area contributed by atoms with Crippen molar-refractivity contribution >= 4 is 5.78 Å². The monoisotopic (exact) mass is 275 g/mol. The summed E-state index contributed by atoms with van der Waals surface area (Å²) in [7, 11) is 0. The smallest absolute Gasteiger partial charge is 0.166 e. The lowest BCUT2D eigenvalue weighted by molar-refractivity contribution is 0.0936. The Labute approximate surface area is 125 Å². The second-order valence-corrected chi connectivity index (χ2v) is 5.65. The molecule has 2 nitrogen and oxygen atoms in total. The van der Waals surface area contributed by atoms with Gasteiger partial charge in [0, 0.05) is 11.5 Å². The van der Waals surface area contributed by atoms with Crippen molar-refractivity contribution in [2.75, 3.05) is 0 Å². The summed E-state index contributed by atoms with van der Waals surface area (Å²) in [5.41, 5.74) is 4.76. The van der Waals surface area contributed by atoms with Crippen LogP contribution >= 0.6 is 0 Å². The van der Waals surface area contributed by atoms with Crippen LogP contribution in [0.1, 0.15) is 39.9 Å². The molecule has 0 saturated carbocycles. The van der Waals surface area contributed by atoms with Gasteiger partial charge in [0.1, 0.15) is 0 Å². The van der Waals surface area contributed by atoms with Gasteiger partial charge in [0.05, 0.1) is 11.6 Å². The molecule has 0 heterocycles. The molecule has 1 aromatic rings. The molecule has 2 aliphatic carbocycles. The molecule has 0 aliphatic heterocycles. The molecular formula is C19H17NO. The number of hydrogen-bond acceptors (Lipinski definition) is 2. The van der Waals surface area contributed by atoms with E-state index in [4.69, 9.17) is 5.26 Å².